The Labute approximate surface area is 192 Å². The van der Waals surface area contributed by atoms with Crippen LogP contribution in [-0.4, -0.2) is 45.7 Å². The number of ether oxygens (including phenoxy) is 1. The number of amides is 1. The predicted molar refractivity (Wildman–Crippen MR) is 104 cm³/mol. The molecule has 14 heteroatoms. The molecule has 35 heavy (non-hydrogen) atoms. The fourth-order valence-corrected chi connectivity index (χ4v) is 3.82. The summed E-state index contributed by atoms with van der Waals surface area (Å²) in [5, 5.41) is 13.0. The van der Waals surface area contributed by atoms with Crippen LogP contribution < -0.4 is 15.6 Å². The second-order valence-electron chi connectivity index (χ2n) is 8.39. The Hall–Kier alpha value is -3.16. The van der Waals surface area contributed by atoms with Crippen molar-refractivity contribution in [2.45, 2.75) is 49.4 Å². The first-order valence-corrected chi connectivity index (χ1v) is 9.85. The standard InChI is InChI=1S/C21H18F8N2O4/c1-17(2)18(34,10-30-16(33)20(24,25)26)15(31-8-4-3-5-14(31)32)12-9-11(6-7-13(12)35-17)19(22,23)21(27,28)29/h3-9,15,34H,10H2,1-2H3,(H,30,33). The van der Waals surface area contributed by atoms with Gasteiger partial charge in [0.2, 0.25) is 0 Å². The Balaban J connectivity index is 2.27. The van der Waals surface area contributed by atoms with Crippen LogP contribution in [0.1, 0.15) is 31.0 Å². The quantitative estimate of drug-likeness (QED) is 0.611. The van der Waals surface area contributed by atoms with Crippen molar-refractivity contribution in [3.8, 4) is 5.75 Å². The zero-order valence-corrected chi connectivity index (χ0v) is 18.0. The highest BCUT2D eigenvalue weighted by molar-refractivity contribution is 5.81. The van der Waals surface area contributed by atoms with Gasteiger partial charge < -0.3 is 19.7 Å². The zero-order valence-electron chi connectivity index (χ0n) is 18.0. The Morgan fingerprint density at radius 3 is 2.26 bits per heavy atom. The molecule has 0 bridgehead atoms. The fourth-order valence-electron chi connectivity index (χ4n) is 3.82. The summed E-state index contributed by atoms with van der Waals surface area (Å²) in [6.07, 6.45) is -10.3. The minimum absolute atomic E-state index is 0.302. The molecule has 0 fully saturated rings. The van der Waals surface area contributed by atoms with E-state index in [1.54, 1.807) is 0 Å². The number of aromatic nitrogens is 1. The lowest BCUT2D eigenvalue weighted by Crippen LogP contribution is -2.67. The van der Waals surface area contributed by atoms with E-state index in [9.17, 15) is 49.8 Å². The van der Waals surface area contributed by atoms with E-state index in [-0.39, 0.29) is 5.75 Å². The molecule has 1 aliphatic heterocycles. The van der Waals surface area contributed by atoms with Gasteiger partial charge in [0.15, 0.2) is 0 Å². The van der Waals surface area contributed by atoms with E-state index in [1.165, 1.54) is 31.3 Å². The van der Waals surface area contributed by atoms with Crippen molar-refractivity contribution < 1.29 is 49.8 Å². The highest BCUT2D eigenvalue weighted by atomic mass is 19.4. The first kappa shape index (κ1) is 26.4. The molecule has 0 radical (unpaired) electrons. The molecule has 2 atom stereocenters. The number of benzene rings is 1. The molecule has 1 aromatic heterocycles. The smallest absolute Gasteiger partial charge is 0.471 e. The van der Waals surface area contributed by atoms with Crippen LogP contribution in [0.4, 0.5) is 35.1 Å². The molecule has 192 valence electrons. The van der Waals surface area contributed by atoms with Crippen molar-refractivity contribution in [3.05, 3.63) is 64.1 Å². The van der Waals surface area contributed by atoms with Crippen LogP contribution in [-0.2, 0) is 10.7 Å². The molecular formula is C21H18F8N2O4. The van der Waals surface area contributed by atoms with Gasteiger partial charge in [-0.25, -0.2) is 0 Å². The summed E-state index contributed by atoms with van der Waals surface area (Å²) < 4.78 is 112. The average Bonchev–Trinajstić information content (AvgIpc) is 2.72. The van der Waals surface area contributed by atoms with Gasteiger partial charge in [0.05, 0.1) is 12.6 Å². The first-order chi connectivity index (χ1) is 15.8. The molecule has 2 heterocycles. The van der Waals surface area contributed by atoms with Gasteiger partial charge in [-0.2, -0.15) is 35.1 Å². The van der Waals surface area contributed by atoms with Gasteiger partial charge in [0.1, 0.15) is 17.0 Å². The van der Waals surface area contributed by atoms with E-state index in [1.807, 2.05) is 0 Å². The van der Waals surface area contributed by atoms with E-state index in [2.05, 4.69) is 0 Å². The van der Waals surface area contributed by atoms with Crippen molar-refractivity contribution in [3.63, 3.8) is 0 Å². The summed E-state index contributed by atoms with van der Waals surface area (Å²) in [7, 11) is 0. The highest BCUT2D eigenvalue weighted by Crippen LogP contribution is 2.51. The lowest BCUT2D eigenvalue weighted by Gasteiger charge is -2.51. The number of fused-ring (bicyclic) bond motifs is 1. The Morgan fingerprint density at radius 2 is 1.71 bits per heavy atom. The summed E-state index contributed by atoms with van der Waals surface area (Å²) >= 11 is 0. The zero-order chi connectivity index (χ0) is 26.6. The number of carbonyl (C=O) groups is 1. The van der Waals surface area contributed by atoms with Crippen LogP contribution in [0.15, 0.2) is 47.4 Å². The second-order valence-corrected chi connectivity index (χ2v) is 8.39. The van der Waals surface area contributed by atoms with Gasteiger partial charge in [-0.3, -0.25) is 9.59 Å². The number of nitrogens with one attached hydrogen (secondary N) is 1. The van der Waals surface area contributed by atoms with E-state index in [0.29, 0.717) is 12.1 Å². The number of halogens is 8. The molecule has 0 saturated heterocycles. The van der Waals surface area contributed by atoms with Gasteiger partial charge in [0, 0.05) is 23.4 Å². The number of rotatable bonds is 4. The Morgan fingerprint density at radius 1 is 1.09 bits per heavy atom. The Bertz CT molecular complexity index is 1190. The minimum Gasteiger partial charge on any atom is -0.484 e. The molecule has 3 rings (SSSR count). The molecule has 1 amide bonds. The van der Waals surface area contributed by atoms with Crippen LogP contribution in [0, 0.1) is 0 Å². The maximum Gasteiger partial charge on any atom is 0.471 e. The number of nitrogens with zero attached hydrogens (tertiary/aromatic N) is 1. The SMILES string of the molecule is CC1(C)Oc2ccc(C(F)(F)C(F)(F)F)cc2C(n2ccccc2=O)C1(O)CNC(=O)C(F)(F)F. The Kier molecular flexibility index (Phi) is 6.20. The van der Waals surface area contributed by atoms with Crippen molar-refractivity contribution in [2.75, 3.05) is 6.54 Å². The topological polar surface area (TPSA) is 80.6 Å². The molecule has 0 spiro atoms. The van der Waals surface area contributed by atoms with Gasteiger partial charge >= 0.3 is 24.2 Å². The van der Waals surface area contributed by atoms with Gasteiger partial charge in [-0.05, 0) is 38.1 Å². The van der Waals surface area contributed by atoms with Gasteiger partial charge in [-0.15, -0.1) is 0 Å². The number of hydrogen-bond acceptors (Lipinski definition) is 4. The lowest BCUT2D eigenvalue weighted by molar-refractivity contribution is -0.289. The number of hydrogen-bond donors (Lipinski definition) is 2. The maximum atomic E-state index is 14.1. The van der Waals surface area contributed by atoms with Crippen LogP contribution in [0.2, 0.25) is 0 Å². The number of alkyl halides is 8. The third-order valence-electron chi connectivity index (χ3n) is 5.79. The molecule has 1 aromatic carbocycles. The molecule has 2 unspecified atom stereocenters. The third kappa shape index (κ3) is 4.46. The minimum atomic E-state index is -5.99. The summed E-state index contributed by atoms with van der Waals surface area (Å²) in [5.41, 5.74) is -7.48. The summed E-state index contributed by atoms with van der Waals surface area (Å²) in [4.78, 5) is 24.0. The fraction of sp³-hybridized carbons (Fsp3) is 0.429. The number of aliphatic hydroxyl groups is 1. The summed E-state index contributed by atoms with van der Waals surface area (Å²) in [5.74, 6) is -8.10. The molecule has 0 aliphatic carbocycles. The molecule has 1 aliphatic rings. The van der Waals surface area contributed by atoms with E-state index in [0.717, 1.165) is 22.9 Å². The van der Waals surface area contributed by atoms with Crippen molar-refractivity contribution >= 4 is 5.91 Å². The van der Waals surface area contributed by atoms with Gasteiger partial charge in [-0.1, -0.05) is 6.07 Å². The average molecular weight is 514 g/mol. The largest absolute Gasteiger partial charge is 0.484 e. The first-order valence-electron chi connectivity index (χ1n) is 9.85. The maximum absolute atomic E-state index is 14.1. The summed E-state index contributed by atoms with van der Waals surface area (Å²) in [6, 6.07) is 3.26. The predicted octanol–water partition coefficient (Wildman–Crippen LogP) is 3.67. The molecular weight excluding hydrogens is 496 g/mol. The van der Waals surface area contributed by atoms with Crippen molar-refractivity contribution in [2.24, 2.45) is 0 Å². The van der Waals surface area contributed by atoms with E-state index in [4.69, 9.17) is 4.74 Å². The summed E-state index contributed by atoms with van der Waals surface area (Å²) in [6.45, 7) is 1.17. The monoisotopic (exact) mass is 514 g/mol. The van der Waals surface area contributed by atoms with Crippen LogP contribution in [0.25, 0.3) is 0 Å². The normalized spacial score (nSPS) is 22.2. The van der Waals surface area contributed by atoms with Crippen LogP contribution in [0.3, 0.4) is 0 Å². The second kappa shape index (κ2) is 8.21. The van der Waals surface area contributed by atoms with E-state index >= 15 is 0 Å². The van der Waals surface area contributed by atoms with Crippen LogP contribution >= 0.6 is 0 Å². The van der Waals surface area contributed by atoms with Gasteiger partial charge in [0.25, 0.3) is 5.56 Å². The lowest BCUT2D eigenvalue weighted by atomic mass is 9.73. The third-order valence-corrected chi connectivity index (χ3v) is 5.79. The highest BCUT2D eigenvalue weighted by Gasteiger charge is 2.61. The molecule has 6 nitrogen and oxygen atoms in total. The van der Waals surface area contributed by atoms with E-state index < -0.39 is 64.7 Å². The number of pyridine rings is 1. The molecule has 2 aromatic rings. The molecule has 0 saturated carbocycles. The van der Waals surface area contributed by atoms with Crippen LogP contribution in [0.5, 0.6) is 5.75 Å². The number of carbonyl (C=O) groups excluding carboxylic acids is 1. The van der Waals surface area contributed by atoms with Crippen molar-refractivity contribution in [1.82, 2.24) is 9.88 Å². The molecule has 2 N–H and O–H groups in total. The van der Waals surface area contributed by atoms with Crippen molar-refractivity contribution in [1.29, 1.82) is 0 Å².